The molecule has 2 aromatic rings. The van der Waals surface area contributed by atoms with Gasteiger partial charge >= 0.3 is 5.71 Å². The Labute approximate surface area is 64.3 Å². The molecule has 2 rings (SSSR count). The third-order valence-electron chi connectivity index (χ3n) is 1.63. The lowest BCUT2D eigenvalue weighted by Gasteiger charge is -1.83. The van der Waals surface area contributed by atoms with Crippen molar-refractivity contribution < 1.29 is 8.98 Å². The molecule has 0 fully saturated rings. The molecule has 3 nitrogen and oxygen atoms in total. The Balaban J connectivity index is 2.90. The molecule has 3 heteroatoms. The zero-order valence-electron chi connectivity index (χ0n) is 6.53. The molecule has 0 aliphatic rings. The fraction of sp³-hybridized carbons (Fsp3) is 0.250. The maximum absolute atomic E-state index is 5.35. The van der Waals surface area contributed by atoms with Crippen molar-refractivity contribution in [2.75, 3.05) is 0 Å². The van der Waals surface area contributed by atoms with Gasteiger partial charge < -0.3 is 4.42 Å². The highest BCUT2D eigenvalue weighted by molar-refractivity contribution is 5.63. The summed E-state index contributed by atoms with van der Waals surface area (Å²) in [5.74, 6) is 0.710. The van der Waals surface area contributed by atoms with Crippen molar-refractivity contribution in [3.63, 3.8) is 0 Å². The van der Waals surface area contributed by atoms with Crippen molar-refractivity contribution in [1.82, 2.24) is 4.98 Å². The lowest BCUT2D eigenvalue weighted by molar-refractivity contribution is -0.651. The maximum Gasteiger partial charge on any atom is 0.400 e. The van der Waals surface area contributed by atoms with Gasteiger partial charge in [0.1, 0.15) is 7.05 Å². The van der Waals surface area contributed by atoms with E-state index in [1.165, 1.54) is 0 Å². The summed E-state index contributed by atoms with van der Waals surface area (Å²) in [7, 11) is 1.94. The van der Waals surface area contributed by atoms with Gasteiger partial charge in [-0.05, 0) is 6.07 Å². The molecule has 0 amide bonds. The maximum atomic E-state index is 5.35. The van der Waals surface area contributed by atoms with Gasteiger partial charge in [-0.15, -0.1) is 0 Å². The smallest absolute Gasteiger partial charge is 0.389 e. The summed E-state index contributed by atoms with van der Waals surface area (Å²) in [6, 6.07) is 3.89. The van der Waals surface area contributed by atoms with Crippen LogP contribution in [-0.2, 0) is 7.05 Å². The van der Waals surface area contributed by atoms with Crippen LogP contribution in [0.3, 0.4) is 0 Å². The fourth-order valence-corrected chi connectivity index (χ4v) is 1.12. The van der Waals surface area contributed by atoms with E-state index in [1.807, 2.05) is 36.9 Å². The van der Waals surface area contributed by atoms with E-state index >= 15 is 0 Å². The monoisotopic (exact) mass is 149 g/mol. The molecule has 0 atom stereocenters. The molecule has 0 saturated heterocycles. The molecule has 0 unspecified atom stereocenters. The van der Waals surface area contributed by atoms with Crippen LogP contribution in [0.15, 0.2) is 22.7 Å². The predicted molar refractivity (Wildman–Crippen MR) is 39.9 cm³/mol. The Bertz CT molecular complexity index is 392. The number of rotatable bonds is 0. The van der Waals surface area contributed by atoms with Crippen molar-refractivity contribution in [1.29, 1.82) is 0 Å². The average Bonchev–Trinajstić information content (AvgIpc) is 2.31. The molecule has 0 N–H and O–H groups in total. The molecular weight excluding hydrogens is 140 g/mol. The summed E-state index contributed by atoms with van der Waals surface area (Å²) in [6.07, 6.45) is 1.94. The van der Waals surface area contributed by atoms with E-state index in [4.69, 9.17) is 4.42 Å². The Kier molecular flexibility index (Phi) is 1.18. The zero-order valence-corrected chi connectivity index (χ0v) is 6.53. The van der Waals surface area contributed by atoms with Crippen LogP contribution >= 0.6 is 0 Å². The minimum Gasteiger partial charge on any atom is -0.389 e. The van der Waals surface area contributed by atoms with E-state index in [1.54, 1.807) is 0 Å². The van der Waals surface area contributed by atoms with Gasteiger partial charge in [0.25, 0.3) is 0 Å². The second kappa shape index (κ2) is 2.05. The standard InChI is InChI=1S/C8H9N2O/c1-6-9-7-4-3-5-10(2)8(7)11-6/h3-5H,1-2H3/q+1. The molecule has 11 heavy (non-hydrogen) atoms. The van der Waals surface area contributed by atoms with Crippen molar-refractivity contribution in [3.05, 3.63) is 24.2 Å². The van der Waals surface area contributed by atoms with E-state index in [-0.39, 0.29) is 0 Å². The van der Waals surface area contributed by atoms with E-state index in [2.05, 4.69) is 4.98 Å². The SMILES string of the molecule is Cc1nc2ccc[n+](C)c2o1. The van der Waals surface area contributed by atoms with E-state index in [0.29, 0.717) is 5.89 Å². The predicted octanol–water partition coefficient (Wildman–Crippen LogP) is 0.961. The molecule has 56 valence electrons. The van der Waals surface area contributed by atoms with Crippen molar-refractivity contribution in [3.8, 4) is 0 Å². The van der Waals surface area contributed by atoms with Gasteiger partial charge in [0.2, 0.25) is 0 Å². The molecule has 0 aliphatic heterocycles. The van der Waals surface area contributed by atoms with Crippen LogP contribution in [-0.4, -0.2) is 4.98 Å². The molecule has 0 spiro atoms. The highest BCUT2D eigenvalue weighted by Gasteiger charge is 2.09. The lowest BCUT2D eigenvalue weighted by Crippen LogP contribution is -2.27. The quantitative estimate of drug-likeness (QED) is 0.522. The summed E-state index contributed by atoms with van der Waals surface area (Å²) in [4.78, 5) is 4.19. The first kappa shape index (κ1) is 6.34. The first-order valence-electron chi connectivity index (χ1n) is 3.49. The van der Waals surface area contributed by atoms with Gasteiger partial charge in [0, 0.05) is 13.0 Å². The molecule has 2 heterocycles. The van der Waals surface area contributed by atoms with Crippen LogP contribution < -0.4 is 4.57 Å². The summed E-state index contributed by atoms with van der Waals surface area (Å²) in [5.41, 5.74) is 1.73. The third-order valence-corrected chi connectivity index (χ3v) is 1.63. The largest absolute Gasteiger partial charge is 0.400 e. The number of oxazole rings is 1. The molecule has 0 saturated carbocycles. The Morgan fingerprint density at radius 3 is 3.09 bits per heavy atom. The number of hydrogen-bond acceptors (Lipinski definition) is 2. The molecule has 0 radical (unpaired) electrons. The second-order valence-electron chi connectivity index (χ2n) is 2.54. The van der Waals surface area contributed by atoms with Crippen LogP contribution in [0.1, 0.15) is 5.89 Å². The first-order chi connectivity index (χ1) is 5.27. The highest BCUT2D eigenvalue weighted by atomic mass is 16.4. The summed E-state index contributed by atoms with van der Waals surface area (Å²) >= 11 is 0. The van der Waals surface area contributed by atoms with E-state index in [0.717, 1.165) is 11.2 Å². The molecule has 2 aromatic heterocycles. The van der Waals surface area contributed by atoms with Crippen LogP contribution in [0.25, 0.3) is 11.2 Å². The van der Waals surface area contributed by atoms with Crippen LogP contribution in [0.2, 0.25) is 0 Å². The summed E-state index contributed by atoms with van der Waals surface area (Å²) in [5, 5.41) is 0. The number of pyridine rings is 1. The Hall–Kier alpha value is -1.38. The van der Waals surface area contributed by atoms with Crippen molar-refractivity contribution >= 4 is 11.2 Å². The molecule has 0 aliphatic carbocycles. The Morgan fingerprint density at radius 2 is 2.36 bits per heavy atom. The summed E-state index contributed by atoms with van der Waals surface area (Å²) < 4.78 is 7.26. The van der Waals surface area contributed by atoms with Gasteiger partial charge in [-0.25, -0.2) is 4.98 Å². The molecule has 0 aromatic carbocycles. The first-order valence-corrected chi connectivity index (χ1v) is 3.49. The van der Waals surface area contributed by atoms with Crippen LogP contribution in [0.5, 0.6) is 0 Å². The number of nitrogens with zero attached hydrogens (tertiary/aromatic N) is 2. The second-order valence-corrected chi connectivity index (χ2v) is 2.54. The zero-order chi connectivity index (χ0) is 7.84. The highest BCUT2D eigenvalue weighted by Crippen LogP contribution is 2.08. The van der Waals surface area contributed by atoms with Crippen LogP contribution in [0.4, 0.5) is 0 Å². The third kappa shape index (κ3) is 0.888. The van der Waals surface area contributed by atoms with Crippen LogP contribution in [0, 0.1) is 6.92 Å². The fourth-order valence-electron chi connectivity index (χ4n) is 1.12. The minimum absolute atomic E-state index is 0.710. The van der Waals surface area contributed by atoms with E-state index < -0.39 is 0 Å². The summed E-state index contributed by atoms with van der Waals surface area (Å²) in [6.45, 7) is 1.85. The minimum atomic E-state index is 0.710. The van der Waals surface area contributed by atoms with Gasteiger partial charge in [-0.3, -0.25) is 0 Å². The van der Waals surface area contributed by atoms with Gasteiger partial charge in [-0.2, -0.15) is 4.57 Å². The molecular formula is C8H9N2O+. The normalized spacial score (nSPS) is 10.7. The topological polar surface area (TPSA) is 29.9 Å². The van der Waals surface area contributed by atoms with Crippen molar-refractivity contribution in [2.45, 2.75) is 6.92 Å². The lowest BCUT2D eigenvalue weighted by atomic mass is 10.4. The van der Waals surface area contributed by atoms with E-state index in [9.17, 15) is 0 Å². The van der Waals surface area contributed by atoms with Gasteiger partial charge in [0.05, 0.1) is 0 Å². The average molecular weight is 149 g/mol. The van der Waals surface area contributed by atoms with Gasteiger partial charge in [-0.1, -0.05) is 0 Å². The number of fused-ring (bicyclic) bond motifs is 1. The van der Waals surface area contributed by atoms with Crippen molar-refractivity contribution in [2.24, 2.45) is 7.05 Å². The Morgan fingerprint density at radius 1 is 1.55 bits per heavy atom. The molecule has 0 bridgehead atoms. The number of aryl methyl sites for hydroxylation is 2. The number of aromatic nitrogens is 2. The van der Waals surface area contributed by atoms with Gasteiger partial charge in [0.15, 0.2) is 17.6 Å². The number of hydrogen-bond donors (Lipinski definition) is 0.